The zero-order valence-electron chi connectivity index (χ0n) is 11.1. The first-order chi connectivity index (χ1) is 8.45. The van der Waals surface area contributed by atoms with Crippen LogP contribution >= 0.6 is 0 Å². The zero-order valence-corrected chi connectivity index (χ0v) is 11.1. The highest BCUT2D eigenvalue weighted by molar-refractivity contribution is 5.77. The first kappa shape index (κ1) is 14.5. The molecule has 0 spiro atoms. The predicted molar refractivity (Wildman–Crippen MR) is 70.4 cm³/mol. The second kappa shape index (κ2) is 6.38. The molecule has 0 bridgehead atoms. The van der Waals surface area contributed by atoms with E-state index in [0.717, 1.165) is 12.8 Å². The van der Waals surface area contributed by atoms with E-state index >= 15 is 0 Å². The molecule has 1 aromatic carbocycles. The van der Waals surface area contributed by atoms with Crippen LogP contribution in [0.15, 0.2) is 12.1 Å². The number of aryl methyl sites for hydroxylation is 2. The maximum Gasteiger partial charge on any atom is 0.326 e. The number of halogens is 1. The van der Waals surface area contributed by atoms with E-state index in [-0.39, 0.29) is 5.82 Å². The van der Waals surface area contributed by atoms with Gasteiger partial charge in [-0.1, -0.05) is 19.8 Å². The Kier molecular flexibility index (Phi) is 5.13. The van der Waals surface area contributed by atoms with Gasteiger partial charge in [0.1, 0.15) is 11.9 Å². The van der Waals surface area contributed by atoms with Gasteiger partial charge in [0.25, 0.3) is 0 Å². The molecule has 0 saturated heterocycles. The molecule has 1 unspecified atom stereocenters. The molecule has 4 heteroatoms. The van der Waals surface area contributed by atoms with E-state index < -0.39 is 12.0 Å². The normalized spacial score (nSPS) is 12.2. The van der Waals surface area contributed by atoms with Crippen LogP contribution < -0.4 is 5.32 Å². The van der Waals surface area contributed by atoms with Crippen molar-refractivity contribution in [2.75, 3.05) is 5.32 Å². The molecule has 0 aliphatic rings. The Bertz CT molecular complexity index is 409. The first-order valence-electron chi connectivity index (χ1n) is 6.21. The maximum absolute atomic E-state index is 13.5. The fraction of sp³-hybridized carbons (Fsp3) is 0.500. The number of unbranched alkanes of at least 4 members (excludes halogenated alkanes) is 1. The standard InChI is InChI=1S/C14H20FNO2/c1-4-5-6-12(14(17)18)16-11-7-9(2)13(15)10(3)8-11/h7-8,12,16H,4-6H2,1-3H3,(H,17,18). The average Bonchev–Trinajstić information content (AvgIpc) is 2.30. The summed E-state index contributed by atoms with van der Waals surface area (Å²) in [5.41, 5.74) is 1.71. The quantitative estimate of drug-likeness (QED) is 0.815. The van der Waals surface area contributed by atoms with Gasteiger partial charge in [-0.2, -0.15) is 0 Å². The summed E-state index contributed by atoms with van der Waals surface area (Å²) in [4.78, 5) is 11.1. The van der Waals surface area contributed by atoms with Gasteiger partial charge >= 0.3 is 5.97 Å². The molecule has 0 amide bonds. The maximum atomic E-state index is 13.5. The molecular formula is C14H20FNO2. The topological polar surface area (TPSA) is 49.3 Å². The summed E-state index contributed by atoms with van der Waals surface area (Å²) in [5, 5.41) is 12.1. The molecule has 2 N–H and O–H groups in total. The van der Waals surface area contributed by atoms with Gasteiger partial charge in [-0.25, -0.2) is 9.18 Å². The van der Waals surface area contributed by atoms with Gasteiger partial charge in [-0.15, -0.1) is 0 Å². The van der Waals surface area contributed by atoms with Crippen molar-refractivity contribution in [1.29, 1.82) is 0 Å². The molecule has 100 valence electrons. The second-order valence-electron chi connectivity index (χ2n) is 4.60. The van der Waals surface area contributed by atoms with E-state index in [1.807, 2.05) is 6.92 Å². The molecule has 0 aliphatic carbocycles. The second-order valence-corrected chi connectivity index (χ2v) is 4.60. The van der Waals surface area contributed by atoms with E-state index in [1.54, 1.807) is 26.0 Å². The van der Waals surface area contributed by atoms with Gasteiger partial charge in [-0.05, 0) is 43.5 Å². The molecule has 0 fully saturated rings. The molecule has 0 radical (unpaired) electrons. The van der Waals surface area contributed by atoms with Crippen LogP contribution in [0.2, 0.25) is 0 Å². The lowest BCUT2D eigenvalue weighted by molar-refractivity contribution is -0.138. The van der Waals surface area contributed by atoms with Crippen LogP contribution in [0, 0.1) is 19.7 Å². The van der Waals surface area contributed by atoms with E-state index in [9.17, 15) is 9.18 Å². The summed E-state index contributed by atoms with van der Waals surface area (Å²) in [6.45, 7) is 5.37. The summed E-state index contributed by atoms with van der Waals surface area (Å²) in [6.07, 6.45) is 2.37. The van der Waals surface area contributed by atoms with Crippen molar-refractivity contribution in [3.05, 3.63) is 29.1 Å². The number of rotatable bonds is 6. The van der Waals surface area contributed by atoms with Crippen molar-refractivity contribution in [3.8, 4) is 0 Å². The zero-order chi connectivity index (χ0) is 13.7. The third-order valence-electron chi connectivity index (χ3n) is 2.92. The van der Waals surface area contributed by atoms with Crippen molar-refractivity contribution in [2.24, 2.45) is 0 Å². The van der Waals surface area contributed by atoms with Gasteiger partial charge in [0.15, 0.2) is 0 Å². The van der Waals surface area contributed by atoms with E-state index in [0.29, 0.717) is 23.2 Å². The van der Waals surface area contributed by atoms with Gasteiger partial charge in [-0.3, -0.25) is 0 Å². The Morgan fingerprint density at radius 3 is 2.39 bits per heavy atom. The smallest absolute Gasteiger partial charge is 0.326 e. The summed E-state index contributed by atoms with van der Waals surface area (Å²) >= 11 is 0. The number of hydrogen-bond acceptors (Lipinski definition) is 2. The van der Waals surface area contributed by atoms with Gasteiger partial charge in [0, 0.05) is 5.69 Å². The summed E-state index contributed by atoms with van der Waals surface area (Å²) in [6, 6.07) is 2.67. The van der Waals surface area contributed by atoms with Gasteiger partial charge in [0.05, 0.1) is 0 Å². The highest BCUT2D eigenvalue weighted by atomic mass is 19.1. The number of hydrogen-bond donors (Lipinski definition) is 2. The van der Waals surface area contributed by atoms with Crippen molar-refractivity contribution in [2.45, 2.75) is 46.1 Å². The summed E-state index contributed by atoms with van der Waals surface area (Å²) < 4.78 is 13.5. The van der Waals surface area contributed by atoms with Crippen LogP contribution in [-0.4, -0.2) is 17.1 Å². The molecule has 1 rings (SSSR count). The lowest BCUT2D eigenvalue weighted by atomic mass is 10.1. The van der Waals surface area contributed by atoms with Crippen LogP contribution in [0.5, 0.6) is 0 Å². The average molecular weight is 253 g/mol. The minimum Gasteiger partial charge on any atom is -0.480 e. The van der Waals surface area contributed by atoms with Crippen LogP contribution in [-0.2, 0) is 4.79 Å². The number of carboxylic acid groups (broad SMARTS) is 1. The minimum absolute atomic E-state index is 0.235. The SMILES string of the molecule is CCCCC(Nc1cc(C)c(F)c(C)c1)C(=O)O. The fourth-order valence-electron chi connectivity index (χ4n) is 1.90. The molecule has 1 atom stereocenters. The number of nitrogens with one attached hydrogen (secondary N) is 1. The molecule has 18 heavy (non-hydrogen) atoms. The molecule has 0 aromatic heterocycles. The Morgan fingerprint density at radius 1 is 1.39 bits per heavy atom. The monoisotopic (exact) mass is 253 g/mol. The molecular weight excluding hydrogens is 233 g/mol. The lowest BCUT2D eigenvalue weighted by Crippen LogP contribution is -2.29. The summed E-state index contributed by atoms with van der Waals surface area (Å²) in [7, 11) is 0. The van der Waals surface area contributed by atoms with Crippen LogP contribution in [0.1, 0.15) is 37.3 Å². The third-order valence-corrected chi connectivity index (χ3v) is 2.92. The lowest BCUT2D eigenvalue weighted by Gasteiger charge is -2.16. The van der Waals surface area contributed by atoms with Crippen molar-refractivity contribution in [3.63, 3.8) is 0 Å². The van der Waals surface area contributed by atoms with Crippen LogP contribution in [0.4, 0.5) is 10.1 Å². The predicted octanol–water partition coefficient (Wildman–Crippen LogP) is 3.50. The van der Waals surface area contributed by atoms with Crippen molar-refractivity contribution < 1.29 is 14.3 Å². The molecule has 0 heterocycles. The van der Waals surface area contributed by atoms with Crippen molar-refractivity contribution in [1.82, 2.24) is 0 Å². The Hall–Kier alpha value is -1.58. The number of benzene rings is 1. The third kappa shape index (κ3) is 3.72. The van der Waals surface area contributed by atoms with Crippen molar-refractivity contribution >= 4 is 11.7 Å². The van der Waals surface area contributed by atoms with E-state index in [1.165, 1.54) is 0 Å². The number of carboxylic acids is 1. The number of anilines is 1. The fourth-order valence-corrected chi connectivity index (χ4v) is 1.90. The Morgan fingerprint density at radius 2 is 1.94 bits per heavy atom. The van der Waals surface area contributed by atoms with Crippen LogP contribution in [0.3, 0.4) is 0 Å². The van der Waals surface area contributed by atoms with E-state index in [2.05, 4.69) is 5.32 Å². The van der Waals surface area contributed by atoms with E-state index in [4.69, 9.17) is 5.11 Å². The molecule has 0 saturated carbocycles. The first-order valence-corrected chi connectivity index (χ1v) is 6.21. The number of carbonyl (C=O) groups is 1. The highest BCUT2D eigenvalue weighted by Crippen LogP contribution is 2.20. The minimum atomic E-state index is -0.872. The Labute approximate surface area is 107 Å². The summed E-state index contributed by atoms with van der Waals surface area (Å²) in [5.74, 6) is -1.11. The number of aliphatic carboxylic acids is 1. The largest absolute Gasteiger partial charge is 0.480 e. The van der Waals surface area contributed by atoms with Gasteiger partial charge < -0.3 is 10.4 Å². The highest BCUT2D eigenvalue weighted by Gasteiger charge is 2.17. The molecule has 1 aromatic rings. The molecule has 0 aliphatic heterocycles. The van der Waals surface area contributed by atoms with Gasteiger partial charge in [0.2, 0.25) is 0 Å². The van der Waals surface area contributed by atoms with Crippen LogP contribution in [0.25, 0.3) is 0 Å². The Balaban J connectivity index is 2.84. The molecule has 3 nitrogen and oxygen atoms in total.